The number of halogens is 2. The Kier molecular flexibility index (Phi) is 3.19. The van der Waals surface area contributed by atoms with Crippen LogP contribution in [0, 0.1) is 11.6 Å². The van der Waals surface area contributed by atoms with E-state index >= 15 is 0 Å². The van der Waals surface area contributed by atoms with Crippen molar-refractivity contribution >= 4 is 11.0 Å². The highest BCUT2D eigenvalue weighted by atomic mass is 19.1. The second kappa shape index (κ2) is 4.61. The molecule has 0 saturated carbocycles. The number of rotatable bonds is 4. The second-order valence-corrected chi connectivity index (χ2v) is 3.63. The monoisotopic (exact) mass is 225 g/mol. The molecule has 86 valence electrons. The lowest BCUT2D eigenvalue weighted by molar-refractivity contribution is 0.576. The van der Waals surface area contributed by atoms with Crippen LogP contribution in [0.15, 0.2) is 22.8 Å². The van der Waals surface area contributed by atoms with Crippen molar-refractivity contribution in [2.75, 3.05) is 13.1 Å². The predicted octanol–water partition coefficient (Wildman–Crippen LogP) is 2.86. The predicted molar refractivity (Wildman–Crippen MR) is 58.4 cm³/mol. The zero-order valence-corrected chi connectivity index (χ0v) is 9.02. The molecular weight excluding hydrogens is 212 g/mol. The molecule has 0 amide bonds. The summed E-state index contributed by atoms with van der Waals surface area (Å²) in [5, 5.41) is 3.53. The van der Waals surface area contributed by atoms with Crippen LogP contribution in [-0.2, 0) is 6.42 Å². The average Bonchev–Trinajstić information content (AvgIpc) is 2.62. The van der Waals surface area contributed by atoms with E-state index in [4.69, 9.17) is 4.42 Å². The van der Waals surface area contributed by atoms with Gasteiger partial charge in [0.2, 0.25) is 0 Å². The fourth-order valence-corrected chi connectivity index (χ4v) is 1.73. The highest BCUT2D eigenvalue weighted by Gasteiger charge is 2.12. The Morgan fingerprint density at radius 3 is 2.88 bits per heavy atom. The Morgan fingerprint density at radius 2 is 2.12 bits per heavy atom. The third-order valence-corrected chi connectivity index (χ3v) is 2.49. The summed E-state index contributed by atoms with van der Waals surface area (Å²) in [7, 11) is 0. The summed E-state index contributed by atoms with van der Waals surface area (Å²) < 4.78 is 31.6. The van der Waals surface area contributed by atoms with Crippen molar-refractivity contribution in [1.29, 1.82) is 0 Å². The molecule has 0 saturated heterocycles. The standard InChI is InChI=1S/C12H13F2NO/c1-2-15-4-3-8-7-16-11-6-9(13)5-10(14)12(8)11/h5-7,15H,2-4H2,1H3. The molecule has 0 fully saturated rings. The first-order chi connectivity index (χ1) is 7.72. The van der Waals surface area contributed by atoms with Gasteiger partial charge in [0.25, 0.3) is 0 Å². The average molecular weight is 225 g/mol. The third-order valence-electron chi connectivity index (χ3n) is 2.49. The van der Waals surface area contributed by atoms with Gasteiger partial charge in [0.15, 0.2) is 0 Å². The Balaban J connectivity index is 2.33. The van der Waals surface area contributed by atoms with E-state index in [0.717, 1.165) is 24.7 Å². The van der Waals surface area contributed by atoms with Crippen molar-refractivity contribution in [2.24, 2.45) is 0 Å². The minimum Gasteiger partial charge on any atom is -0.464 e. The lowest BCUT2D eigenvalue weighted by atomic mass is 10.1. The summed E-state index contributed by atoms with van der Waals surface area (Å²) in [4.78, 5) is 0. The fourth-order valence-electron chi connectivity index (χ4n) is 1.73. The molecule has 0 bridgehead atoms. The fraction of sp³-hybridized carbons (Fsp3) is 0.333. The maximum absolute atomic E-state index is 13.5. The summed E-state index contributed by atoms with van der Waals surface area (Å²) in [6.07, 6.45) is 2.16. The smallest absolute Gasteiger partial charge is 0.140 e. The van der Waals surface area contributed by atoms with Gasteiger partial charge >= 0.3 is 0 Å². The van der Waals surface area contributed by atoms with Crippen molar-refractivity contribution in [2.45, 2.75) is 13.3 Å². The molecule has 0 aliphatic rings. The van der Waals surface area contributed by atoms with E-state index in [1.807, 2.05) is 6.92 Å². The van der Waals surface area contributed by atoms with E-state index in [1.165, 1.54) is 12.3 Å². The summed E-state index contributed by atoms with van der Waals surface area (Å²) in [5.41, 5.74) is 1.04. The van der Waals surface area contributed by atoms with E-state index in [1.54, 1.807) is 0 Å². The summed E-state index contributed by atoms with van der Waals surface area (Å²) in [5.74, 6) is -1.17. The van der Waals surface area contributed by atoms with Crippen LogP contribution >= 0.6 is 0 Å². The van der Waals surface area contributed by atoms with E-state index in [9.17, 15) is 8.78 Å². The zero-order valence-electron chi connectivity index (χ0n) is 9.02. The van der Waals surface area contributed by atoms with Gasteiger partial charge in [-0.2, -0.15) is 0 Å². The van der Waals surface area contributed by atoms with Gasteiger partial charge < -0.3 is 9.73 Å². The van der Waals surface area contributed by atoms with Crippen LogP contribution in [0.3, 0.4) is 0 Å². The number of nitrogens with one attached hydrogen (secondary N) is 1. The summed E-state index contributed by atoms with van der Waals surface area (Å²) >= 11 is 0. The maximum atomic E-state index is 13.5. The molecule has 1 N–H and O–H groups in total. The Hall–Kier alpha value is -1.42. The molecule has 2 rings (SSSR count). The van der Waals surface area contributed by atoms with Crippen molar-refractivity contribution in [3.63, 3.8) is 0 Å². The number of benzene rings is 1. The second-order valence-electron chi connectivity index (χ2n) is 3.63. The van der Waals surface area contributed by atoms with Gasteiger partial charge in [-0.3, -0.25) is 0 Å². The molecule has 1 heterocycles. The lowest BCUT2D eigenvalue weighted by Crippen LogP contribution is -2.15. The van der Waals surface area contributed by atoms with E-state index in [0.29, 0.717) is 11.8 Å². The third kappa shape index (κ3) is 2.07. The molecule has 4 heteroatoms. The Bertz CT molecular complexity index is 493. The number of likely N-dealkylation sites (N-methyl/N-ethyl adjacent to an activating group) is 1. The molecule has 0 aliphatic heterocycles. The van der Waals surface area contributed by atoms with Crippen molar-refractivity contribution in [1.82, 2.24) is 5.32 Å². The van der Waals surface area contributed by atoms with Gasteiger partial charge in [-0.15, -0.1) is 0 Å². The van der Waals surface area contributed by atoms with E-state index in [-0.39, 0.29) is 5.58 Å². The molecule has 0 unspecified atom stereocenters. The highest BCUT2D eigenvalue weighted by Crippen LogP contribution is 2.25. The molecule has 2 nitrogen and oxygen atoms in total. The largest absolute Gasteiger partial charge is 0.464 e. The quantitative estimate of drug-likeness (QED) is 0.809. The van der Waals surface area contributed by atoms with Crippen LogP contribution in [0.5, 0.6) is 0 Å². The van der Waals surface area contributed by atoms with Gasteiger partial charge in [0.1, 0.15) is 17.2 Å². The van der Waals surface area contributed by atoms with Crippen LogP contribution < -0.4 is 5.32 Å². The number of fused-ring (bicyclic) bond motifs is 1. The van der Waals surface area contributed by atoms with Crippen molar-refractivity contribution < 1.29 is 13.2 Å². The van der Waals surface area contributed by atoms with Gasteiger partial charge in [0, 0.05) is 17.7 Å². The lowest BCUT2D eigenvalue weighted by Gasteiger charge is -2.00. The molecule has 0 atom stereocenters. The minimum atomic E-state index is -0.613. The first-order valence-corrected chi connectivity index (χ1v) is 5.28. The molecule has 16 heavy (non-hydrogen) atoms. The maximum Gasteiger partial charge on any atom is 0.140 e. The number of hydrogen-bond donors (Lipinski definition) is 1. The van der Waals surface area contributed by atoms with Crippen LogP contribution in [-0.4, -0.2) is 13.1 Å². The molecule has 1 aromatic heterocycles. The summed E-state index contributed by atoms with van der Waals surface area (Å²) in [6, 6.07) is 2.09. The zero-order chi connectivity index (χ0) is 11.5. The molecule has 0 radical (unpaired) electrons. The normalized spacial score (nSPS) is 11.2. The van der Waals surface area contributed by atoms with Crippen molar-refractivity contribution in [3.8, 4) is 0 Å². The van der Waals surface area contributed by atoms with Crippen molar-refractivity contribution in [3.05, 3.63) is 35.6 Å². The van der Waals surface area contributed by atoms with Crippen LogP contribution in [0.2, 0.25) is 0 Å². The minimum absolute atomic E-state index is 0.268. The Labute approximate surface area is 92.2 Å². The summed E-state index contributed by atoms with van der Waals surface area (Å²) in [6.45, 7) is 3.62. The van der Waals surface area contributed by atoms with Gasteiger partial charge in [0.05, 0.1) is 11.6 Å². The molecule has 2 aromatic rings. The first kappa shape index (κ1) is 11.1. The van der Waals surface area contributed by atoms with Gasteiger partial charge in [-0.1, -0.05) is 6.92 Å². The molecule has 0 spiro atoms. The number of hydrogen-bond acceptors (Lipinski definition) is 2. The Morgan fingerprint density at radius 1 is 1.31 bits per heavy atom. The molecule has 1 aromatic carbocycles. The van der Waals surface area contributed by atoms with Crippen LogP contribution in [0.1, 0.15) is 12.5 Å². The van der Waals surface area contributed by atoms with Crippen LogP contribution in [0.25, 0.3) is 11.0 Å². The highest BCUT2D eigenvalue weighted by molar-refractivity contribution is 5.81. The SMILES string of the molecule is CCNCCc1coc2cc(F)cc(F)c12. The topological polar surface area (TPSA) is 25.2 Å². The molecule has 0 aliphatic carbocycles. The van der Waals surface area contributed by atoms with Gasteiger partial charge in [-0.25, -0.2) is 8.78 Å². The number of furan rings is 1. The molecular formula is C12H13F2NO. The van der Waals surface area contributed by atoms with Gasteiger partial charge in [-0.05, 0) is 19.5 Å². The first-order valence-electron chi connectivity index (χ1n) is 5.28. The van der Waals surface area contributed by atoms with E-state index in [2.05, 4.69) is 5.32 Å². The van der Waals surface area contributed by atoms with E-state index < -0.39 is 11.6 Å². The van der Waals surface area contributed by atoms with Crippen LogP contribution in [0.4, 0.5) is 8.78 Å².